The van der Waals surface area contributed by atoms with Gasteiger partial charge < -0.3 is 9.80 Å². The third-order valence-corrected chi connectivity index (χ3v) is 4.02. The molecule has 1 aliphatic heterocycles. The van der Waals surface area contributed by atoms with Crippen molar-refractivity contribution in [3.8, 4) is 0 Å². The normalized spacial score (nSPS) is 18.3. The zero-order chi connectivity index (χ0) is 14.9. The summed E-state index contributed by atoms with van der Waals surface area (Å²) in [5.41, 5.74) is 0.947. The number of para-hydroxylation sites is 1. The molecule has 0 unspecified atom stereocenters. The molecular formula is C16H22N2O2. The van der Waals surface area contributed by atoms with E-state index in [4.69, 9.17) is 0 Å². The molecule has 0 saturated carbocycles. The molecule has 0 aliphatic carbocycles. The van der Waals surface area contributed by atoms with Crippen molar-refractivity contribution < 1.29 is 9.59 Å². The van der Waals surface area contributed by atoms with Crippen molar-refractivity contribution in [2.24, 2.45) is 0 Å². The quantitative estimate of drug-likeness (QED) is 0.794. The second kappa shape index (κ2) is 5.27. The Bertz CT molecular complexity index is 537. The number of ketones is 1. The molecule has 1 aromatic carbocycles. The summed E-state index contributed by atoms with van der Waals surface area (Å²) in [4.78, 5) is 28.3. The van der Waals surface area contributed by atoms with Crippen molar-refractivity contribution in [3.05, 3.63) is 29.8 Å². The average molecular weight is 274 g/mol. The fourth-order valence-electron chi connectivity index (χ4n) is 2.77. The number of hydrogen-bond donors (Lipinski definition) is 0. The van der Waals surface area contributed by atoms with E-state index in [1.165, 1.54) is 0 Å². The van der Waals surface area contributed by atoms with Gasteiger partial charge in [0, 0.05) is 37.8 Å². The van der Waals surface area contributed by atoms with Gasteiger partial charge in [-0.05, 0) is 26.0 Å². The lowest BCUT2D eigenvalue weighted by atomic mass is 9.94. The summed E-state index contributed by atoms with van der Waals surface area (Å²) in [5.74, 6) is 0.199. The molecule has 0 radical (unpaired) electrons. The molecule has 1 fully saturated rings. The number of Topliss-reactive ketones (excluding diaryl/α,β-unsaturated/α-hetero) is 1. The van der Waals surface area contributed by atoms with E-state index >= 15 is 0 Å². The maximum atomic E-state index is 12.4. The average Bonchev–Trinajstić information content (AvgIpc) is 2.44. The van der Waals surface area contributed by atoms with Crippen LogP contribution in [0.1, 0.15) is 37.6 Å². The molecule has 4 nitrogen and oxygen atoms in total. The Kier molecular flexibility index (Phi) is 3.84. The maximum absolute atomic E-state index is 12.4. The predicted octanol–water partition coefficient (Wildman–Crippen LogP) is 2.34. The van der Waals surface area contributed by atoms with Crippen molar-refractivity contribution in [2.45, 2.75) is 32.7 Å². The summed E-state index contributed by atoms with van der Waals surface area (Å²) in [6.45, 7) is 7.11. The Hall–Kier alpha value is -1.84. The summed E-state index contributed by atoms with van der Waals surface area (Å²) in [6.07, 6.45) is 0.471. The van der Waals surface area contributed by atoms with Crippen LogP contribution in [0.5, 0.6) is 0 Å². The van der Waals surface area contributed by atoms with Crippen LogP contribution in [0, 0.1) is 0 Å². The summed E-state index contributed by atoms with van der Waals surface area (Å²) in [7, 11) is 1.82. The molecule has 0 aromatic heterocycles. The first kappa shape index (κ1) is 14.6. The van der Waals surface area contributed by atoms with Gasteiger partial charge in [-0.25, -0.2) is 0 Å². The van der Waals surface area contributed by atoms with Gasteiger partial charge in [0.1, 0.15) is 5.54 Å². The van der Waals surface area contributed by atoms with Gasteiger partial charge in [-0.15, -0.1) is 0 Å². The van der Waals surface area contributed by atoms with Crippen molar-refractivity contribution in [3.63, 3.8) is 0 Å². The number of carbonyl (C=O) groups excluding carboxylic acids is 2. The number of benzene rings is 1. The number of piperazine rings is 1. The van der Waals surface area contributed by atoms with E-state index < -0.39 is 5.54 Å². The number of likely N-dealkylation sites (N-methyl/N-ethyl adjacent to an activating group) is 1. The Balaban J connectivity index is 2.46. The molecule has 1 aliphatic rings. The van der Waals surface area contributed by atoms with Crippen molar-refractivity contribution in [2.75, 3.05) is 25.0 Å². The lowest BCUT2D eigenvalue weighted by Crippen LogP contribution is -2.62. The highest BCUT2D eigenvalue weighted by Crippen LogP contribution is 2.31. The van der Waals surface area contributed by atoms with E-state index in [1.54, 1.807) is 4.90 Å². The molecule has 1 heterocycles. The third kappa shape index (κ3) is 2.30. The fraction of sp³-hybridized carbons (Fsp3) is 0.500. The Labute approximate surface area is 120 Å². The molecule has 0 N–H and O–H groups in total. The second-order valence-corrected chi connectivity index (χ2v) is 5.73. The highest BCUT2D eigenvalue weighted by Gasteiger charge is 2.41. The summed E-state index contributed by atoms with van der Waals surface area (Å²) in [5, 5.41) is 0. The molecule has 2 rings (SSSR count). The SMILES string of the molecule is CCC(=O)c1ccccc1N1CCN(C)C(=O)C1(C)C. The third-order valence-electron chi connectivity index (χ3n) is 4.02. The largest absolute Gasteiger partial charge is 0.355 e. The van der Waals surface area contributed by atoms with Crippen LogP contribution in [0.3, 0.4) is 0 Å². The highest BCUT2D eigenvalue weighted by atomic mass is 16.2. The molecule has 0 spiro atoms. The Morgan fingerprint density at radius 3 is 2.55 bits per heavy atom. The molecule has 1 amide bonds. The zero-order valence-corrected chi connectivity index (χ0v) is 12.6. The maximum Gasteiger partial charge on any atom is 0.247 e. The number of hydrogen-bond acceptors (Lipinski definition) is 3. The monoisotopic (exact) mass is 274 g/mol. The van der Waals surface area contributed by atoms with Crippen LogP contribution in [-0.2, 0) is 4.79 Å². The topological polar surface area (TPSA) is 40.6 Å². The van der Waals surface area contributed by atoms with E-state index in [1.807, 2.05) is 52.1 Å². The molecule has 0 bridgehead atoms. The van der Waals surface area contributed by atoms with Gasteiger partial charge in [-0.3, -0.25) is 9.59 Å². The smallest absolute Gasteiger partial charge is 0.247 e. The summed E-state index contributed by atoms with van der Waals surface area (Å²) >= 11 is 0. The number of anilines is 1. The van der Waals surface area contributed by atoms with Crippen LogP contribution in [0.4, 0.5) is 5.69 Å². The van der Waals surface area contributed by atoms with Gasteiger partial charge in [0.2, 0.25) is 5.91 Å². The van der Waals surface area contributed by atoms with E-state index in [2.05, 4.69) is 4.90 Å². The number of rotatable bonds is 3. The second-order valence-electron chi connectivity index (χ2n) is 5.73. The summed E-state index contributed by atoms with van der Waals surface area (Å²) in [6, 6.07) is 7.57. The van der Waals surface area contributed by atoms with E-state index in [0.29, 0.717) is 18.5 Å². The summed E-state index contributed by atoms with van der Waals surface area (Å²) < 4.78 is 0. The van der Waals surface area contributed by atoms with Crippen molar-refractivity contribution >= 4 is 17.4 Å². The first-order chi connectivity index (χ1) is 9.39. The predicted molar refractivity (Wildman–Crippen MR) is 80.1 cm³/mol. The van der Waals surface area contributed by atoms with Gasteiger partial charge in [-0.2, -0.15) is 0 Å². The van der Waals surface area contributed by atoms with Gasteiger partial charge in [0.05, 0.1) is 0 Å². The lowest BCUT2D eigenvalue weighted by Gasteiger charge is -2.46. The standard InChI is InChI=1S/C16H22N2O2/c1-5-14(19)12-8-6-7-9-13(12)18-11-10-17(4)15(20)16(18,2)3/h6-9H,5,10-11H2,1-4H3. The first-order valence-electron chi connectivity index (χ1n) is 7.05. The minimum Gasteiger partial charge on any atom is -0.355 e. The first-order valence-corrected chi connectivity index (χ1v) is 7.05. The van der Waals surface area contributed by atoms with Crippen LogP contribution >= 0.6 is 0 Å². The number of nitrogens with zero attached hydrogens (tertiary/aromatic N) is 2. The Morgan fingerprint density at radius 2 is 1.90 bits per heavy atom. The van der Waals surface area contributed by atoms with Gasteiger partial charge in [0.25, 0.3) is 0 Å². The molecule has 4 heteroatoms. The molecule has 1 aromatic rings. The number of amides is 1. The van der Waals surface area contributed by atoms with Gasteiger partial charge >= 0.3 is 0 Å². The molecule has 20 heavy (non-hydrogen) atoms. The van der Waals surface area contributed by atoms with Gasteiger partial charge in [-0.1, -0.05) is 19.1 Å². The van der Waals surface area contributed by atoms with Crippen molar-refractivity contribution in [1.29, 1.82) is 0 Å². The molecule has 0 atom stereocenters. The highest BCUT2D eigenvalue weighted by molar-refractivity contribution is 6.02. The van der Waals surface area contributed by atoms with Crippen LogP contribution in [0.15, 0.2) is 24.3 Å². The lowest BCUT2D eigenvalue weighted by molar-refractivity contribution is -0.136. The van der Waals surface area contributed by atoms with Crippen LogP contribution in [-0.4, -0.2) is 42.3 Å². The fourth-order valence-corrected chi connectivity index (χ4v) is 2.77. The minimum atomic E-state index is -0.628. The minimum absolute atomic E-state index is 0.0856. The van der Waals surface area contributed by atoms with Crippen molar-refractivity contribution in [1.82, 2.24) is 4.90 Å². The van der Waals surface area contributed by atoms with Crippen LogP contribution < -0.4 is 4.90 Å². The molecule has 108 valence electrons. The van der Waals surface area contributed by atoms with E-state index in [9.17, 15) is 9.59 Å². The van der Waals surface area contributed by atoms with E-state index in [0.717, 1.165) is 12.2 Å². The van der Waals surface area contributed by atoms with Crippen LogP contribution in [0.25, 0.3) is 0 Å². The Morgan fingerprint density at radius 1 is 1.25 bits per heavy atom. The van der Waals surface area contributed by atoms with Crippen LogP contribution in [0.2, 0.25) is 0 Å². The molecular weight excluding hydrogens is 252 g/mol. The van der Waals surface area contributed by atoms with E-state index in [-0.39, 0.29) is 11.7 Å². The molecule has 1 saturated heterocycles. The number of carbonyl (C=O) groups is 2. The van der Waals surface area contributed by atoms with Gasteiger partial charge in [0.15, 0.2) is 5.78 Å². The zero-order valence-electron chi connectivity index (χ0n) is 12.6.